The van der Waals surface area contributed by atoms with Gasteiger partial charge in [-0.25, -0.2) is 0 Å². The van der Waals surface area contributed by atoms with Gasteiger partial charge in [0.25, 0.3) is 11.8 Å². The van der Waals surface area contributed by atoms with Gasteiger partial charge in [-0.05, 0) is 32.4 Å². The van der Waals surface area contributed by atoms with E-state index in [9.17, 15) is 9.59 Å². The van der Waals surface area contributed by atoms with Gasteiger partial charge in [-0.1, -0.05) is 24.3 Å². The lowest BCUT2D eigenvalue weighted by atomic mass is 9.88. The summed E-state index contributed by atoms with van der Waals surface area (Å²) in [6, 6.07) is 6.90. The van der Waals surface area contributed by atoms with Crippen molar-refractivity contribution in [1.82, 2.24) is 9.80 Å². The van der Waals surface area contributed by atoms with Crippen molar-refractivity contribution in [2.75, 3.05) is 13.1 Å². The van der Waals surface area contributed by atoms with E-state index in [1.54, 1.807) is 24.3 Å². The van der Waals surface area contributed by atoms with Crippen LogP contribution < -0.4 is 0 Å². The van der Waals surface area contributed by atoms with E-state index in [-0.39, 0.29) is 36.1 Å². The van der Waals surface area contributed by atoms with Crippen LogP contribution in [0.2, 0.25) is 0 Å². The monoisotopic (exact) mass is 354 g/mol. The summed E-state index contributed by atoms with van der Waals surface area (Å²) < 4.78 is 12.4. The number of amides is 2. The number of hydrogen-bond acceptors (Lipinski definition) is 5. The van der Waals surface area contributed by atoms with E-state index in [1.165, 1.54) is 4.90 Å². The molecule has 0 radical (unpaired) electrons. The van der Waals surface area contributed by atoms with E-state index in [0.717, 1.165) is 13.0 Å². The third kappa shape index (κ3) is 2.22. The van der Waals surface area contributed by atoms with Crippen LogP contribution in [0.15, 0.2) is 36.4 Å². The summed E-state index contributed by atoms with van der Waals surface area (Å²) in [4.78, 5) is 29.7. The highest BCUT2D eigenvalue weighted by Gasteiger charge is 2.57. The number of rotatable bonds is 1. The second-order valence-electron chi connectivity index (χ2n) is 7.89. The maximum absolute atomic E-state index is 13.0. The van der Waals surface area contributed by atoms with Gasteiger partial charge >= 0.3 is 0 Å². The minimum Gasteiger partial charge on any atom is -0.343 e. The van der Waals surface area contributed by atoms with Crippen LogP contribution in [0.25, 0.3) is 0 Å². The Balaban J connectivity index is 1.54. The van der Waals surface area contributed by atoms with E-state index < -0.39 is 5.79 Å². The average Bonchev–Trinajstić information content (AvgIpc) is 3.09. The number of ether oxygens (including phenoxy) is 2. The van der Waals surface area contributed by atoms with Crippen LogP contribution in [-0.4, -0.2) is 64.8 Å². The van der Waals surface area contributed by atoms with Crippen molar-refractivity contribution in [3.05, 3.63) is 47.5 Å². The second-order valence-corrected chi connectivity index (χ2v) is 7.89. The van der Waals surface area contributed by atoms with Gasteiger partial charge in [-0.15, -0.1) is 0 Å². The van der Waals surface area contributed by atoms with Gasteiger partial charge in [0.2, 0.25) is 0 Å². The number of nitrogens with zero attached hydrogens (tertiary/aromatic N) is 2. The Morgan fingerprint density at radius 2 is 1.58 bits per heavy atom. The van der Waals surface area contributed by atoms with Crippen molar-refractivity contribution >= 4 is 11.8 Å². The predicted molar refractivity (Wildman–Crippen MR) is 93.7 cm³/mol. The van der Waals surface area contributed by atoms with Crippen molar-refractivity contribution in [3.63, 3.8) is 0 Å². The van der Waals surface area contributed by atoms with Crippen molar-refractivity contribution in [2.24, 2.45) is 0 Å². The number of piperidine rings is 1. The Bertz CT molecular complexity index is 783. The molecule has 6 nitrogen and oxygen atoms in total. The molecule has 136 valence electrons. The molecule has 2 amide bonds. The van der Waals surface area contributed by atoms with Gasteiger partial charge in [0.1, 0.15) is 12.2 Å². The molecule has 0 spiro atoms. The minimum absolute atomic E-state index is 0.155. The first-order valence-electron chi connectivity index (χ1n) is 9.18. The number of imide groups is 1. The zero-order valence-corrected chi connectivity index (χ0v) is 14.9. The molecule has 4 aliphatic rings. The molecule has 4 heterocycles. The molecule has 4 atom stereocenters. The largest absolute Gasteiger partial charge is 0.343 e. The Morgan fingerprint density at radius 3 is 2.23 bits per heavy atom. The van der Waals surface area contributed by atoms with Crippen LogP contribution in [0.4, 0.5) is 0 Å². The second kappa shape index (κ2) is 5.49. The van der Waals surface area contributed by atoms with Gasteiger partial charge in [0.05, 0.1) is 17.2 Å². The van der Waals surface area contributed by atoms with E-state index in [1.807, 2.05) is 13.8 Å². The number of carbonyl (C=O) groups excluding carboxylic acids is 2. The Hall–Kier alpha value is -2.02. The minimum atomic E-state index is -0.719. The van der Waals surface area contributed by atoms with Crippen molar-refractivity contribution in [3.8, 4) is 0 Å². The van der Waals surface area contributed by atoms with E-state index in [4.69, 9.17) is 9.47 Å². The summed E-state index contributed by atoms with van der Waals surface area (Å²) in [7, 11) is 0. The number of carbonyl (C=O) groups is 2. The topological polar surface area (TPSA) is 59.1 Å². The third-order valence-electron chi connectivity index (χ3n) is 5.85. The molecular weight excluding hydrogens is 332 g/mol. The van der Waals surface area contributed by atoms with Crippen LogP contribution in [0.5, 0.6) is 0 Å². The fraction of sp³-hybridized carbons (Fsp3) is 0.500. The highest BCUT2D eigenvalue weighted by Crippen LogP contribution is 2.41. The SMILES string of the molecule is CC1(C)O[C@@H]2[C@H](O1)[C@H](N1C(=O)c3ccccc3C1=O)CN1CC=CC[C@@H]21. The van der Waals surface area contributed by atoms with E-state index in [2.05, 4.69) is 17.1 Å². The molecule has 2 saturated heterocycles. The molecule has 1 aromatic rings. The van der Waals surface area contributed by atoms with Gasteiger partial charge in [0, 0.05) is 19.1 Å². The van der Waals surface area contributed by atoms with E-state index >= 15 is 0 Å². The third-order valence-corrected chi connectivity index (χ3v) is 5.85. The lowest BCUT2D eigenvalue weighted by molar-refractivity contribution is -0.150. The zero-order valence-electron chi connectivity index (χ0n) is 14.9. The average molecular weight is 354 g/mol. The summed E-state index contributed by atoms with van der Waals surface area (Å²) in [5.74, 6) is -1.18. The normalized spacial score (nSPS) is 35.4. The van der Waals surface area contributed by atoms with Crippen LogP contribution in [0, 0.1) is 0 Å². The molecule has 0 N–H and O–H groups in total. The van der Waals surface area contributed by atoms with Crippen LogP contribution in [-0.2, 0) is 9.47 Å². The highest BCUT2D eigenvalue weighted by molar-refractivity contribution is 6.21. The lowest BCUT2D eigenvalue weighted by Crippen LogP contribution is -2.65. The first kappa shape index (κ1) is 16.2. The molecule has 5 rings (SSSR count). The Labute approximate surface area is 152 Å². The molecule has 2 fully saturated rings. The standard InChI is InChI=1S/C20H22N2O4/c1-20(2)25-16-14-9-5-6-10-21(14)11-15(17(16)26-20)22-18(23)12-7-3-4-8-13(12)19(22)24/h3-8,14-17H,9-11H2,1-2H3/t14-,15+,16-,17+/m0/s1. The molecule has 4 aliphatic heterocycles. The number of fused-ring (bicyclic) bond motifs is 4. The smallest absolute Gasteiger partial charge is 0.261 e. The maximum atomic E-state index is 13.0. The highest BCUT2D eigenvalue weighted by atomic mass is 16.8. The summed E-state index contributed by atoms with van der Waals surface area (Å²) in [5.41, 5.74) is 0.959. The number of benzene rings is 1. The summed E-state index contributed by atoms with van der Waals surface area (Å²) in [6.07, 6.45) is 4.75. The molecule has 0 aromatic heterocycles. The molecule has 0 saturated carbocycles. The Morgan fingerprint density at radius 1 is 0.962 bits per heavy atom. The fourth-order valence-corrected chi connectivity index (χ4v) is 4.78. The quantitative estimate of drug-likeness (QED) is 0.569. The molecule has 1 aromatic carbocycles. The molecule has 26 heavy (non-hydrogen) atoms. The summed E-state index contributed by atoms with van der Waals surface area (Å²) in [6.45, 7) is 5.21. The molecule has 6 heteroatoms. The molecule has 0 aliphatic carbocycles. The fourth-order valence-electron chi connectivity index (χ4n) is 4.78. The van der Waals surface area contributed by atoms with Crippen LogP contribution in [0.3, 0.4) is 0 Å². The van der Waals surface area contributed by atoms with Crippen molar-refractivity contribution in [2.45, 2.75) is 50.3 Å². The van der Waals surface area contributed by atoms with Crippen LogP contribution in [0.1, 0.15) is 41.0 Å². The molecule has 0 unspecified atom stereocenters. The molecular formula is C20H22N2O4. The van der Waals surface area contributed by atoms with Gasteiger partial charge < -0.3 is 9.47 Å². The first-order chi connectivity index (χ1) is 12.5. The van der Waals surface area contributed by atoms with Crippen molar-refractivity contribution in [1.29, 1.82) is 0 Å². The maximum Gasteiger partial charge on any atom is 0.261 e. The molecule has 0 bridgehead atoms. The summed E-state index contributed by atoms with van der Waals surface area (Å²) in [5, 5.41) is 0. The van der Waals surface area contributed by atoms with Gasteiger partial charge in [0.15, 0.2) is 5.79 Å². The summed E-state index contributed by atoms with van der Waals surface area (Å²) >= 11 is 0. The van der Waals surface area contributed by atoms with Crippen molar-refractivity contribution < 1.29 is 19.1 Å². The lowest BCUT2D eigenvalue weighted by Gasteiger charge is -2.47. The zero-order chi connectivity index (χ0) is 18.1. The van der Waals surface area contributed by atoms with Gasteiger partial charge in [-0.2, -0.15) is 0 Å². The predicted octanol–water partition coefficient (Wildman–Crippen LogP) is 1.82. The van der Waals surface area contributed by atoms with Gasteiger partial charge in [-0.3, -0.25) is 19.4 Å². The van der Waals surface area contributed by atoms with E-state index in [0.29, 0.717) is 17.7 Å². The Kier molecular flexibility index (Phi) is 3.41. The number of hydrogen-bond donors (Lipinski definition) is 0. The first-order valence-corrected chi connectivity index (χ1v) is 9.18. The van der Waals surface area contributed by atoms with Crippen LogP contribution >= 0.6 is 0 Å².